The van der Waals surface area contributed by atoms with E-state index in [0.29, 0.717) is 18.0 Å². The Morgan fingerprint density at radius 1 is 1.24 bits per heavy atom. The Bertz CT molecular complexity index is 413. The molecule has 1 amide bonds. The largest absolute Gasteiger partial charge is 0.353 e. The SMILES string of the molecule is CC(C)=C[C@@H]1[C@H](C(=O)NC2CCN(C(C)C)CC2)C1(C)C. The molecule has 3 nitrogen and oxygen atoms in total. The average molecular weight is 292 g/mol. The maximum atomic E-state index is 12.5. The standard InChI is InChI=1S/C18H32N2O/c1-12(2)11-15-16(18(15,5)6)17(21)19-14-7-9-20(10-8-14)13(3)4/h11,13-16H,7-10H2,1-6H3,(H,19,21)/t15-,16-/m1/s1. The summed E-state index contributed by atoms with van der Waals surface area (Å²) in [5.74, 6) is 0.847. The van der Waals surface area contributed by atoms with Gasteiger partial charge < -0.3 is 10.2 Å². The molecule has 2 fully saturated rings. The molecule has 0 spiro atoms. The van der Waals surface area contributed by atoms with Crippen molar-refractivity contribution in [1.82, 2.24) is 10.2 Å². The summed E-state index contributed by atoms with van der Waals surface area (Å²) in [7, 11) is 0. The van der Waals surface area contributed by atoms with Gasteiger partial charge in [0.25, 0.3) is 0 Å². The van der Waals surface area contributed by atoms with Gasteiger partial charge >= 0.3 is 0 Å². The monoisotopic (exact) mass is 292 g/mol. The third-order valence-corrected chi connectivity index (χ3v) is 5.31. The molecule has 120 valence electrons. The molecule has 1 saturated carbocycles. The first kappa shape index (κ1) is 16.5. The molecular weight excluding hydrogens is 260 g/mol. The predicted octanol–water partition coefficient (Wildman–Crippen LogP) is 3.21. The van der Waals surface area contributed by atoms with Crippen molar-refractivity contribution in [3.05, 3.63) is 11.6 Å². The molecule has 2 aliphatic rings. The zero-order chi connectivity index (χ0) is 15.8. The average Bonchev–Trinajstić information content (AvgIpc) is 2.90. The molecule has 1 aliphatic carbocycles. The Labute approximate surface area is 130 Å². The summed E-state index contributed by atoms with van der Waals surface area (Å²) in [6.07, 6.45) is 4.44. The molecule has 1 saturated heterocycles. The van der Waals surface area contributed by atoms with Crippen molar-refractivity contribution in [1.29, 1.82) is 0 Å². The van der Waals surface area contributed by atoms with E-state index < -0.39 is 0 Å². The minimum atomic E-state index is 0.125. The fraction of sp³-hybridized carbons (Fsp3) is 0.833. The van der Waals surface area contributed by atoms with E-state index in [1.807, 2.05) is 0 Å². The molecule has 2 atom stereocenters. The summed E-state index contributed by atoms with van der Waals surface area (Å²) < 4.78 is 0. The van der Waals surface area contributed by atoms with E-state index in [9.17, 15) is 4.79 Å². The van der Waals surface area contributed by atoms with Crippen LogP contribution in [-0.4, -0.2) is 36.0 Å². The van der Waals surface area contributed by atoms with Crippen LogP contribution in [0.4, 0.5) is 0 Å². The third kappa shape index (κ3) is 3.68. The number of piperidine rings is 1. The van der Waals surface area contributed by atoms with Crippen LogP contribution in [0.25, 0.3) is 0 Å². The quantitative estimate of drug-likeness (QED) is 0.807. The van der Waals surface area contributed by atoms with Crippen molar-refractivity contribution >= 4 is 5.91 Å². The van der Waals surface area contributed by atoms with Crippen molar-refractivity contribution in [2.75, 3.05) is 13.1 Å². The lowest BCUT2D eigenvalue weighted by Crippen LogP contribution is -2.47. The highest BCUT2D eigenvalue weighted by molar-refractivity contribution is 5.84. The van der Waals surface area contributed by atoms with Crippen molar-refractivity contribution in [2.24, 2.45) is 17.3 Å². The van der Waals surface area contributed by atoms with Crippen LogP contribution in [0.2, 0.25) is 0 Å². The van der Waals surface area contributed by atoms with Gasteiger partial charge in [-0.3, -0.25) is 4.79 Å². The predicted molar refractivity (Wildman–Crippen MR) is 88.1 cm³/mol. The lowest BCUT2D eigenvalue weighted by atomic mass is 10.0. The van der Waals surface area contributed by atoms with Crippen LogP contribution < -0.4 is 5.32 Å². The molecule has 0 bridgehead atoms. The number of allylic oxidation sites excluding steroid dienone is 2. The summed E-state index contributed by atoms with van der Waals surface area (Å²) >= 11 is 0. The lowest BCUT2D eigenvalue weighted by Gasteiger charge is -2.35. The smallest absolute Gasteiger partial charge is 0.224 e. The highest BCUT2D eigenvalue weighted by Gasteiger charge is 2.60. The highest BCUT2D eigenvalue weighted by Crippen LogP contribution is 2.59. The summed E-state index contributed by atoms with van der Waals surface area (Å²) in [5.41, 5.74) is 1.44. The Kier molecular flexibility index (Phi) is 4.82. The molecular formula is C18H32N2O. The van der Waals surface area contributed by atoms with Gasteiger partial charge in [0, 0.05) is 25.2 Å². The normalized spacial score (nSPS) is 29.3. The van der Waals surface area contributed by atoms with Gasteiger partial charge in [-0.25, -0.2) is 0 Å². The third-order valence-electron chi connectivity index (χ3n) is 5.31. The van der Waals surface area contributed by atoms with E-state index in [0.717, 1.165) is 25.9 Å². The van der Waals surface area contributed by atoms with Crippen LogP contribution in [0.1, 0.15) is 54.4 Å². The summed E-state index contributed by atoms with van der Waals surface area (Å²) in [5, 5.41) is 3.30. The van der Waals surface area contributed by atoms with E-state index >= 15 is 0 Å². The van der Waals surface area contributed by atoms with Crippen molar-refractivity contribution in [2.45, 2.75) is 66.5 Å². The molecule has 1 heterocycles. The first-order valence-electron chi connectivity index (χ1n) is 8.43. The maximum Gasteiger partial charge on any atom is 0.224 e. The number of rotatable bonds is 4. The van der Waals surface area contributed by atoms with Crippen molar-refractivity contribution < 1.29 is 4.79 Å². The van der Waals surface area contributed by atoms with E-state index in [4.69, 9.17) is 0 Å². The van der Waals surface area contributed by atoms with Gasteiger partial charge in [0.05, 0.1) is 5.92 Å². The van der Waals surface area contributed by atoms with Gasteiger partial charge in [0.1, 0.15) is 0 Å². The topological polar surface area (TPSA) is 32.3 Å². The number of hydrogen-bond donors (Lipinski definition) is 1. The zero-order valence-electron chi connectivity index (χ0n) is 14.6. The summed E-state index contributed by atoms with van der Waals surface area (Å²) in [6.45, 7) is 15.4. The number of hydrogen-bond acceptors (Lipinski definition) is 2. The molecule has 1 N–H and O–H groups in total. The second-order valence-corrected chi connectivity index (χ2v) is 7.98. The van der Waals surface area contributed by atoms with Gasteiger partial charge in [0.15, 0.2) is 0 Å². The maximum absolute atomic E-state index is 12.5. The highest BCUT2D eigenvalue weighted by atomic mass is 16.2. The van der Waals surface area contributed by atoms with Gasteiger partial charge in [0.2, 0.25) is 5.91 Å². The minimum Gasteiger partial charge on any atom is -0.353 e. The second kappa shape index (κ2) is 6.12. The molecule has 21 heavy (non-hydrogen) atoms. The van der Waals surface area contributed by atoms with Gasteiger partial charge in [-0.2, -0.15) is 0 Å². The Morgan fingerprint density at radius 2 is 1.81 bits per heavy atom. The van der Waals surface area contributed by atoms with Crippen LogP contribution >= 0.6 is 0 Å². The molecule has 1 aliphatic heterocycles. The Balaban J connectivity index is 1.85. The fourth-order valence-corrected chi connectivity index (χ4v) is 3.70. The van der Waals surface area contributed by atoms with Crippen LogP contribution in [0.5, 0.6) is 0 Å². The number of carbonyl (C=O) groups excluding carboxylic acids is 1. The van der Waals surface area contributed by atoms with Crippen LogP contribution in [0.15, 0.2) is 11.6 Å². The van der Waals surface area contributed by atoms with E-state index in [-0.39, 0.29) is 17.2 Å². The fourth-order valence-electron chi connectivity index (χ4n) is 3.70. The van der Waals surface area contributed by atoms with Crippen LogP contribution in [-0.2, 0) is 4.79 Å². The zero-order valence-corrected chi connectivity index (χ0v) is 14.6. The molecule has 0 aromatic heterocycles. The summed E-state index contributed by atoms with van der Waals surface area (Å²) in [4.78, 5) is 15.0. The van der Waals surface area contributed by atoms with Crippen LogP contribution in [0.3, 0.4) is 0 Å². The lowest BCUT2D eigenvalue weighted by molar-refractivity contribution is -0.124. The van der Waals surface area contributed by atoms with Crippen molar-refractivity contribution in [3.63, 3.8) is 0 Å². The Morgan fingerprint density at radius 3 is 2.29 bits per heavy atom. The first-order valence-corrected chi connectivity index (χ1v) is 8.43. The molecule has 0 aromatic carbocycles. The van der Waals surface area contributed by atoms with Gasteiger partial charge in [-0.05, 0) is 51.9 Å². The van der Waals surface area contributed by atoms with Gasteiger partial charge in [-0.1, -0.05) is 25.5 Å². The van der Waals surface area contributed by atoms with Crippen LogP contribution in [0, 0.1) is 17.3 Å². The number of likely N-dealkylation sites (tertiary alicyclic amines) is 1. The first-order chi connectivity index (χ1) is 9.73. The van der Waals surface area contributed by atoms with Gasteiger partial charge in [-0.15, -0.1) is 0 Å². The molecule has 0 aromatic rings. The number of amides is 1. The van der Waals surface area contributed by atoms with Crippen molar-refractivity contribution in [3.8, 4) is 0 Å². The van der Waals surface area contributed by atoms with E-state index in [1.165, 1.54) is 5.57 Å². The molecule has 3 heteroatoms. The number of carbonyl (C=O) groups is 1. The minimum absolute atomic E-state index is 0.125. The second-order valence-electron chi connectivity index (χ2n) is 7.98. The molecule has 0 radical (unpaired) electrons. The number of nitrogens with one attached hydrogen (secondary N) is 1. The summed E-state index contributed by atoms with van der Waals surface area (Å²) in [6, 6.07) is 0.988. The molecule has 0 unspecified atom stereocenters. The molecule has 2 rings (SSSR count). The van der Waals surface area contributed by atoms with E-state index in [1.54, 1.807) is 0 Å². The van der Waals surface area contributed by atoms with E-state index in [2.05, 4.69) is 57.8 Å². The Hall–Kier alpha value is -0.830. The number of nitrogens with zero attached hydrogens (tertiary/aromatic N) is 1.